The molecular weight excluding hydrogens is 234 g/mol. The second kappa shape index (κ2) is 5.15. The van der Waals surface area contributed by atoms with Gasteiger partial charge >= 0.3 is 0 Å². The van der Waals surface area contributed by atoms with E-state index in [-0.39, 0.29) is 5.41 Å². The molecule has 1 aliphatic carbocycles. The third-order valence-electron chi connectivity index (χ3n) is 4.88. The van der Waals surface area contributed by atoms with Crippen LogP contribution in [0.5, 0.6) is 0 Å². The van der Waals surface area contributed by atoms with Crippen molar-refractivity contribution in [3.8, 4) is 0 Å². The zero-order valence-corrected chi connectivity index (χ0v) is 13.0. The lowest BCUT2D eigenvalue weighted by molar-refractivity contribution is 0.0754. The van der Waals surface area contributed by atoms with Gasteiger partial charge in [0.1, 0.15) is 0 Å². The van der Waals surface area contributed by atoms with Crippen LogP contribution in [-0.2, 0) is 0 Å². The van der Waals surface area contributed by atoms with E-state index in [9.17, 15) is 4.79 Å². The number of hydrogen-bond acceptors (Lipinski definition) is 1. The molecule has 0 aromatic carbocycles. The van der Waals surface area contributed by atoms with Crippen molar-refractivity contribution in [1.29, 1.82) is 0 Å². The van der Waals surface area contributed by atoms with Crippen LogP contribution in [0.3, 0.4) is 0 Å². The summed E-state index contributed by atoms with van der Waals surface area (Å²) < 4.78 is 0. The molecule has 1 fully saturated rings. The van der Waals surface area contributed by atoms with Crippen molar-refractivity contribution in [2.24, 2.45) is 11.3 Å². The maximum Gasteiger partial charge on any atom is 0.185 e. The summed E-state index contributed by atoms with van der Waals surface area (Å²) in [6.07, 6.45) is 5.58. The molecule has 1 aliphatic rings. The Morgan fingerprint density at radius 2 is 1.74 bits per heavy atom. The highest BCUT2D eigenvalue weighted by atomic mass is 16.1. The lowest BCUT2D eigenvalue weighted by atomic mass is 9.73. The fourth-order valence-electron chi connectivity index (χ4n) is 3.69. The molecule has 1 N–H and O–H groups in total. The van der Waals surface area contributed by atoms with Gasteiger partial charge in [-0.2, -0.15) is 0 Å². The molecule has 0 radical (unpaired) electrons. The fraction of sp³-hybridized carbons (Fsp3) is 0.706. The highest BCUT2D eigenvalue weighted by molar-refractivity contribution is 6.00. The summed E-state index contributed by atoms with van der Waals surface area (Å²) in [5.74, 6) is 0.951. The van der Waals surface area contributed by atoms with Gasteiger partial charge in [0.15, 0.2) is 5.78 Å². The van der Waals surface area contributed by atoms with Crippen molar-refractivity contribution in [2.75, 3.05) is 0 Å². The third-order valence-corrected chi connectivity index (χ3v) is 4.88. The normalized spacial score (nSPS) is 18.2. The average Bonchev–Trinajstić information content (AvgIpc) is 2.90. The van der Waals surface area contributed by atoms with Gasteiger partial charge in [0.2, 0.25) is 0 Å². The first-order chi connectivity index (χ1) is 8.87. The van der Waals surface area contributed by atoms with Crippen LogP contribution < -0.4 is 0 Å². The molecular formula is C17H27NO. The molecule has 1 aromatic heterocycles. The van der Waals surface area contributed by atoms with E-state index in [2.05, 4.69) is 39.6 Å². The van der Waals surface area contributed by atoms with Crippen molar-refractivity contribution in [3.05, 3.63) is 22.5 Å². The standard InChI is InChI=1S/C17H27NO/c1-11(2)10-17(8-6-7-9-17)16(19)15-13(4)12(3)14(5)18-15/h11,18H,6-10H2,1-5H3. The lowest BCUT2D eigenvalue weighted by Gasteiger charge is -2.29. The van der Waals surface area contributed by atoms with E-state index in [1.54, 1.807) is 0 Å². The van der Waals surface area contributed by atoms with Crippen molar-refractivity contribution < 1.29 is 4.79 Å². The second-order valence-electron chi connectivity index (χ2n) is 6.79. The molecule has 0 spiro atoms. The summed E-state index contributed by atoms with van der Waals surface area (Å²) in [6, 6.07) is 0. The maximum atomic E-state index is 13.1. The summed E-state index contributed by atoms with van der Waals surface area (Å²) in [6.45, 7) is 10.7. The van der Waals surface area contributed by atoms with Gasteiger partial charge in [-0.15, -0.1) is 0 Å². The number of H-pyrrole nitrogens is 1. The largest absolute Gasteiger partial charge is 0.356 e. The molecule has 0 unspecified atom stereocenters. The van der Waals surface area contributed by atoms with Crippen molar-refractivity contribution in [2.45, 2.75) is 66.7 Å². The average molecular weight is 261 g/mol. The van der Waals surface area contributed by atoms with Crippen LogP contribution >= 0.6 is 0 Å². The number of nitrogens with one attached hydrogen (secondary N) is 1. The van der Waals surface area contributed by atoms with Crippen LogP contribution in [0.15, 0.2) is 0 Å². The van der Waals surface area contributed by atoms with Gasteiger partial charge in [0.25, 0.3) is 0 Å². The molecule has 106 valence electrons. The van der Waals surface area contributed by atoms with Gasteiger partial charge in [-0.1, -0.05) is 26.7 Å². The van der Waals surface area contributed by atoms with Gasteiger partial charge in [-0.3, -0.25) is 4.79 Å². The van der Waals surface area contributed by atoms with E-state index >= 15 is 0 Å². The Bertz CT molecular complexity index is 476. The van der Waals surface area contributed by atoms with Gasteiger partial charge < -0.3 is 4.98 Å². The smallest absolute Gasteiger partial charge is 0.185 e. The van der Waals surface area contributed by atoms with E-state index in [0.717, 1.165) is 36.2 Å². The van der Waals surface area contributed by atoms with E-state index in [0.29, 0.717) is 11.7 Å². The lowest BCUT2D eigenvalue weighted by Crippen LogP contribution is -2.30. The number of aromatic nitrogens is 1. The van der Waals surface area contributed by atoms with Crippen LogP contribution in [0.25, 0.3) is 0 Å². The Labute approximate surface area is 117 Å². The van der Waals surface area contributed by atoms with E-state index < -0.39 is 0 Å². The van der Waals surface area contributed by atoms with E-state index in [4.69, 9.17) is 0 Å². The van der Waals surface area contributed by atoms with Crippen molar-refractivity contribution in [1.82, 2.24) is 4.98 Å². The predicted octanol–water partition coefficient (Wildman–Crippen LogP) is 4.73. The first-order valence-electron chi connectivity index (χ1n) is 7.58. The van der Waals surface area contributed by atoms with Gasteiger partial charge in [0, 0.05) is 11.1 Å². The molecule has 2 heteroatoms. The molecule has 1 aromatic rings. The molecule has 2 nitrogen and oxygen atoms in total. The molecule has 0 amide bonds. The van der Waals surface area contributed by atoms with E-state index in [1.807, 2.05) is 0 Å². The van der Waals surface area contributed by atoms with Crippen LogP contribution in [0.4, 0.5) is 0 Å². The topological polar surface area (TPSA) is 32.9 Å². The molecule has 0 saturated heterocycles. The quantitative estimate of drug-likeness (QED) is 0.781. The highest BCUT2D eigenvalue weighted by Crippen LogP contribution is 2.46. The Hall–Kier alpha value is -1.05. The number of aromatic amines is 1. The monoisotopic (exact) mass is 261 g/mol. The maximum absolute atomic E-state index is 13.1. The number of Topliss-reactive ketones (excluding diaryl/α,β-unsaturated/α-hetero) is 1. The molecule has 1 heterocycles. The summed E-state index contributed by atoms with van der Waals surface area (Å²) in [7, 11) is 0. The molecule has 1 saturated carbocycles. The molecule has 19 heavy (non-hydrogen) atoms. The Balaban J connectivity index is 2.37. The molecule has 0 atom stereocenters. The van der Waals surface area contributed by atoms with Gasteiger partial charge in [-0.05, 0) is 57.1 Å². The third kappa shape index (κ3) is 2.50. The predicted molar refractivity (Wildman–Crippen MR) is 79.7 cm³/mol. The van der Waals surface area contributed by atoms with Gasteiger partial charge in [0.05, 0.1) is 5.69 Å². The molecule has 0 bridgehead atoms. The van der Waals surface area contributed by atoms with Crippen LogP contribution in [-0.4, -0.2) is 10.8 Å². The number of rotatable bonds is 4. The number of carbonyl (C=O) groups excluding carboxylic acids is 1. The zero-order valence-electron chi connectivity index (χ0n) is 13.0. The van der Waals surface area contributed by atoms with Crippen LogP contribution in [0.2, 0.25) is 0 Å². The summed E-state index contributed by atoms with van der Waals surface area (Å²) >= 11 is 0. The number of carbonyl (C=O) groups is 1. The van der Waals surface area contributed by atoms with Crippen molar-refractivity contribution >= 4 is 5.78 Å². The van der Waals surface area contributed by atoms with Crippen LogP contribution in [0.1, 0.15) is 73.3 Å². The summed E-state index contributed by atoms with van der Waals surface area (Å²) in [4.78, 5) is 16.4. The van der Waals surface area contributed by atoms with Crippen LogP contribution in [0, 0.1) is 32.1 Å². The first-order valence-corrected chi connectivity index (χ1v) is 7.58. The highest BCUT2D eigenvalue weighted by Gasteiger charge is 2.42. The fourth-order valence-corrected chi connectivity index (χ4v) is 3.69. The SMILES string of the molecule is Cc1[nH]c(C(=O)C2(CC(C)C)CCCC2)c(C)c1C. The molecule has 2 rings (SSSR count). The minimum absolute atomic E-state index is 0.0946. The Morgan fingerprint density at radius 3 is 2.16 bits per heavy atom. The molecule has 0 aliphatic heterocycles. The second-order valence-corrected chi connectivity index (χ2v) is 6.79. The van der Waals surface area contributed by atoms with Gasteiger partial charge in [-0.25, -0.2) is 0 Å². The Morgan fingerprint density at radius 1 is 1.16 bits per heavy atom. The summed E-state index contributed by atoms with van der Waals surface area (Å²) in [5, 5.41) is 0. The van der Waals surface area contributed by atoms with E-state index in [1.165, 1.54) is 18.4 Å². The number of ketones is 1. The van der Waals surface area contributed by atoms with Crippen molar-refractivity contribution in [3.63, 3.8) is 0 Å². The first kappa shape index (κ1) is 14.4. The minimum Gasteiger partial charge on any atom is -0.356 e. The Kier molecular flexibility index (Phi) is 3.89. The number of aryl methyl sites for hydroxylation is 1. The summed E-state index contributed by atoms with van der Waals surface area (Å²) in [5.41, 5.74) is 4.30. The minimum atomic E-state index is -0.0946. The number of hydrogen-bond donors (Lipinski definition) is 1. The zero-order chi connectivity index (χ0) is 14.2.